The molecule has 1 aromatic rings. The van der Waals surface area contributed by atoms with Gasteiger partial charge in [-0.3, -0.25) is 14.6 Å². The molecule has 1 atom stereocenters. The van der Waals surface area contributed by atoms with E-state index in [0.29, 0.717) is 19.6 Å². The van der Waals surface area contributed by atoms with E-state index in [4.69, 9.17) is 9.47 Å². The molecule has 0 bridgehead atoms. The fraction of sp³-hybridized carbons (Fsp3) is 0.632. The molecule has 0 saturated carbocycles. The lowest BCUT2D eigenvalue weighted by atomic mass is 10.1. The molecule has 1 aromatic carbocycles. The normalized spacial score (nSPS) is 22.6. The number of rotatable bonds is 7. The summed E-state index contributed by atoms with van der Waals surface area (Å²) in [6.45, 7) is 8.42. The van der Waals surface area contributed by atoms with E-state index in [-0.39, 0.29) is 12.0 Å². The second kappa shape index (κ2) is 9.87. The van der Waals surface area contributed by atoms with Gasteiger partial charge in [0.05, 0.1) is 32.3 Å². The minimum atomic E-state index is -0.0131. The molecule has 1 N–H and O–H groups in total. The molecule has 138 valence electrons. The van der Waals surface area contributed by atoms with Gasteiger partial charge in [0, 0.05) is 45.8 Å². The zero-order valence-corrected chi connectivity index (χ0v) is 14.9. The Balaban J connectivity index is 1.34. The summed E-state index contributed by atoms with van der Waals surface area (Å²) in [5, 5.41) is 3.02. The fourth-order valence-corrected chi connectivity index (χ4v) is 3.35. The van der Waals surface area contributed by atoms with Gasteiger partial charge < -0.3 is 14.8 Å². The molecular formula is C19H29N3O3. The first-order valence-electron chi connectivity index (χ1n) is 9.24. The van der Waals surface area contributed by atoms with Crippen molar-refractivity contribution in [1.82, 2.24) is 15.1 Å². The Morgan fingerprint density at radius 3 is 2.64 bits per heavy atom. The average Bonchev–Trinajstić information content (AvgIpc) is 2.64. The minimum Gasteiger partial charge on any atom is -0.379 e. The van der Waals surface area contributed by atoms with E-state index in [1.165, 1.54) is 5.56 Å². The van der Waals surface area contributed by atoms with Crippen molar-refractivity contribution in [3.8, 4) is 0 Å². The van der Waals surface area contributed by atoms with Crippen molar-refractivity contribution >= 4 is 5.91 Å². The number of carbonyl (C=O) groups is 1. The highest BCUT2D eigenvalue weighted by atomic mass is 16.5. The Morgan fingerprint density at radius 1 is 1.08 bits per heavy atom. The molecule has 0 radical (unpaired) electrons. The van der Waals surface area contributed by atoms with Crippen LogP contribution < -0.4 is 5.32 Å². The molecule has 0 aromatic heterocycles. The molecule has 2 heterocycles. The van der Waals surface area contributed by atoms with Gasteiger partial charge in [0.1, 0.15) is 0 Å². The highest BCUT2D eigenvalue weighted by Crippen LogP contribution is 2.12. The summed E-state index contributed by atoms with van der Waals surface area (Å²) >= 11 is 0. The van der Waals surface area contributed by atoms with E-state index in [2.05, 4.69) is 39.4 Å². The number of benzene rings is 1. The van der Waals surface area contributed by atoms with Gasteiger partial charge in [-0.1, -0.05) is 30.3 Å². The van der Waals surface area contributed by atoms with Crippen LogP contribution in [0.5, 0.6) is 0 Å². The van der Waals surface area contributed by atoms with Crippen molar-refractivity contribution in [3.05, 3.63) is 35.9 Å². The van der Waals surface area contributed by atoms with Crippen LogP contribution in [0.2, 0.25) is 0 Å². The number of ether oxygens (including phenoxy) is 2. The summed E-state index contributed by atoms with van der Waals surface area (Å²) in [5.41, 5.74) is 1.30. The van der Waals surface area contributed by atoms with E-state index >= 15 is 0 Å². The van der Waals surface area contributed by atoms with Gasteiger partial charge in [-0.05, 0) is 5.56 Å². The third-order valence-electron chi connectivity index (χ3n) is 4.74. The second-order valence-corrected chi connectivity index (χ2v) is 6.72. The molecule has 0 aliphatic carbocycles. The average molecular weight is 347 g/mol. The lowest BCUT2D eigenvalue weighted by Gasteiger charge is -2.32. The highest BCUT2D eigenvalue weighted by molar-refractivity contribution is 5.76. The molecular weight excluding hydrogens is 318 g/mol. The maximum absolute atomic E-state index is 12.2. The van der Waals surface area contributed by atoms with Crippen molar-refractivity contribution in [2.24, 2.45) is 0 Å². The predicted molar refractivity (Wildman–Crippen MR) is 96.3 cm³/mol. The fourth-order valence-electron chi connectivity index (χ4n) is 3.35. The zero-order valence-electron chi connectivity index (χ0n) is 14.9. The van der Waals surface area contributed by atoms with E-state index in [9.17, 15) is 4.79 Å². The molecule has 6 heteroatoms. The Kier molecular flexibility index (Phi) is 7.23. The van der Waals surface area contributed by atoms with Gasteiger partial charge in [0.2, 0.25) is 5.91 Å². The first-order valence-corrected chi connectivity index (χ1v) is 9.24. The Bertz CT molecular complexity index is 520. The van der Waals surface area contributed by atoms with E-state index in [1.54, 1.807) is 0 Å². The smallest absolute Gasteiger partial charge is 0.222 e. The van der Waals surface area contributed by atoms with Crippen LogP contribution in [0.25, 0.3) is 0 Å². The number of amides is 1. The van der Waals surface area contributed by atoms with Crippen molar-refractivity contribution in [3.63, 3.8) is 0 Å². The lowest BCUT2D eigenvalue weighted by Crippen LogP contribution is -2.45. The van der Waals surface area contributed by atoms with Gasteiger partial charge >= 0.3 is 0 Å². The largest absolute Gasteiger partial charge is 0.379 e. The molecule has 2 aliphatic heterocycles. The summed E-state index contributed by atoms with van der Waals surface area (Å²) in [6.07, 6.45) is 0.426. The maximum Gasteiger partial charge on any atom is 0.222 e. The number of carbonyl (C=O) groups excluding carboxylic acids is 1. The zero-order chi connectivity index (χ0) is 17.3. The molecule has 1 amide bonds. The highest BCUT2D eigenvalue weighted by Gasteiger charge is 2.23. The van der Waals surface area contributed by atoms with Crippen LogP contribution in [0, 0.1) is 0 Å². The van der Waals surface area contributed by atoms with Crippen LogP contribution in [0.3, 0.4) is 0 Å². The Labute approximate surface area is 150 Å². The Hall–Kier alpha value is -1.47. The standard InChI is InChI=1S/C19H29N3O3/c23-19(20-6-7-21-8-11-24-12-9-21)14-18-16-22(10-13-25-18)15-17-4-2-1-3-5-17/h1-5,18H,6-16H2,(H,20,23). The summed E-state index contributed by atoms with van der Waals surface area (Å²) in [5.74, 6) is 0.0832. The van der Waals surface area contributed by atoms with Crippen LogP contribution in [-0.2, 0) is 20.8 Å². The molecule has 25 heavy (non-hydrogen) atoms. The molecule has 0 spiro atoms. The first-order chi connectivity index (χ1) is 12.3. The van der Waals surface area contributed by atoms with E-state index in [0.717, 1.165) is 52.5 Å². The van der Waals surface area contributed by atoms with Crippen LogP contribution in [0.1, 0.15) is 12.0 Å². The molecule has 2 fully saturated rings. The monoisotopic (exact) mass is 347 g/mol. The van der Waals surface area contributed by atoms with Crippen LogP contribution in [0.4, 0.5) is 0 Å². The number of hydrogen-bond acceptors (Lipinski definition) is 5. The van der Waals surface area contributed by atoms with Gasteiger partial charge in [-0.25, -0.2) is 0 Å². The van der Waals surface area contributed by atoms with Gasteiger partial charge in [0.25, 0.3) is 0 Å². The quantitative estimate of drug-likeness (QED) is 0.788. The summed E-state index contributed by atoms with van der Waals surface area (Å²) in [7, 11) is 0. The van der Waals surface area contributed by atoms with E-state index < -0.39 is 0 Å². The van der Waals surface area contributed by atoms with Crippen molar-refractivity contribution in [2.45, 2.75) is 19.1 Å². The first kappa shape index (κ1) is 18.3. The molecule has 3 rings (SSSR count). The van der Waals surface area contributed by atoms with Crippen LogP contribution in [-0.4, -0.2) is 80.9 Å². The predicted octanol–water partition coefficient (Wildman–Crippen LogP) is 0.726. The topological polar surface area (TPSA) is 54.0 Å². The third kappa shape index (κ3) is 6.40. The van der Waals surface area contributed by atoms with Crippen molar-refractivity contribution in [1.29, 1.82) is 0 Å². The van der Waals surface area contributed by atoms with Gasteiger partial charge in [-0.2, -0.15) is 0 Å². The molecule has 2 aliphatic rings. The van der Waals surface area contributed by atoms with Gasteiger partial charge in [-0.15, -0.1) is 0 Å². The third-order valence-corrected chi connectivity index (χ3v) is 4.74. The maximum atomic E-state index is 12.2. The van der Waals surface area contributed by atoms with Crippen molar-refractivity contribution < 1.29 is 14.3 Å². The number of nitrogens with zero attached hydrogens (tertiary/aromatic N) is 2. The lowest BCUT2D eigenvalue weighted by molar-refractivity contribution is -0.126. The SMILES string of the molecule is O=C(CC1CN(Cc2ccccc2)CCO1)NCCN1CCOCC1. The number of nitrogens with one attached hydrogen (secondary N) is 1. The van der Waals surface area contributed by atoms with E-state index in [1.807, 2.05) is 6.07 Å². The van der Waals surface area contributed by atoms with Crippen LogP contribution in [0.15, 0.2) is 30.3 Å². The van der Waals surface area contributed by atoms with Crippen LogP contribution >= 0.6 is 0 Å². The van der Waals surface area contributed by atoms with Gasteiger partial charge in [0.15, 0.2) is 0 Å². The molecule has 2 saturated heterocycles. The minimum absolute atomic E-state index is 0.0131. The summed E-state index contributed by atoms with van der Waals surface area (Å²) in [6, 6.07) is 10.4. The summed E-state index contributed by atoms with van der Waals surface area (Å²) in [4.78, 5) is 16.9. The molecule has 6 nitrogen and oxygen atoms in total. The summed E-state index contributed by atoms with van der Waals surface area (Å²) < 4.78 is 11.1. The number of hydrogen-bond donors (Lipinski definition) is 1. The Morgan fingerprint density at radius 2 is 1.84 bits per heavy atom. The number of morpholine rings is 2. The van der Waals surface area contributed by atoms with Crippen molar-refractivity contribution in [2.75, 3.05) is 59.1 Å². The molecule has 1 unspecified atom stereocenters. The second-order valence-electron chi connectivity index (χ2n) is 6.72.